The van der Waals surface area contributed by atoms with Gasteiger partial charge in [-0.1, -0.05) is 62.2 Å². The highest BCUT2D eigenvalue weighted by Gasteiger charge is 2.15. The second-order valence-electron chi connectivity index (χ2n) is 7.84. The summed E-state index contributed by atoms with van der Waals surface area (Å²) in [6.07, 6.45) is 1.70. The lowest BCUT2D eigenvalue weighted by Crippen LogP contribution is -2.16. The number of rotatable bonds is 5. The number of amides is 1. The number of hydrogen-bond donors (Lipinski definition) is 1. The van der Waals surface area contributed by atoms with Crippen molar-refractivity contribution >= 4 is 81.8 Å². The molecule has 5 aromatic rings. The summed E-state index contributed by atoms with van der Waals surface area (Å²) in [6.45, 7) is 2.81. The second kappa shape index (κ2) is 9.52. The average molecular weight is 644 g/mol. The predicted octanol–water partition coefficient (Wildman–Crippen LogP) is 7.80. The minimum atomic E-state index is -0.410. The van der Waals surface area contributed by atoms with E-state index in [0.717, 1.165) is 47.5 Å². The smallest absolute Gasteiger partial charge is 0.307 e. The van der Waals surface area contributed by atoms with E-state index in [0.29, 0.717) is 5.58 Å². The van der Waals surface area contributed by atoms with Crippen LogP contribution in [-0.2, 0) is 6.54 Å². The first-order valence-corrected chi connectivity index (χ1v) is 12.8. The van der Waals surface area contributed by atoms with Crippen molar-refractivity contribution in [2.24, 2.45) is 5.10 Å². The zero-order valence-corrected chi connectivity index (χ0v) is 22.7. The highest BCUT2D eigenvalue weighted by atomic mass is 79.9. The number of furan rings is 1. The molecule has 170 valence electrons. The van der Waals surface area contributed by atoms with Gasteiger partial charge in [-0.3, -0.25) is 4.79 Å². The van der Waals surface area contributed by atoms with E-state index in [-0.39, 0.29) is 5.76 Å². The minimum Gasteiger partial charge on any atom is -0.450 e. The summed E-state index contributed by atoms with van der Waals surface area (Å²) in [5.74, 6) is -0.216. The number of aromatic nitrogens is 1. The molecule has 0 bridgehead atoms. The van der Waals surface area contributed by atoms with Crippen LogP contribution in [0.2, 0.25) is 0 Å². The molecule has 2 heterocycles. The summed E-state index contributed by atoms with van der Waals surface area (Å²) >= 11 is 10.4. The van der Waals surface area contributed by atoms with Crippen LogP contribution in [0.25, 0.3) is 21.9 Å². The number of nitrogens with zero attached hydrogens (tertiary/aromatic N) is 2. The zero-order valence-electron chi connectivity index (χ0n) is 18.0. The molecule has 0 radical (unpaired) electrons. The van der Waals surface area contributed by atoms with Gasteiger partial charge < -0.3 is 8.98 Å². The number of nitrogens with one attached hydrogen (secondary N) is 1. The Labute approximate surface area is 221 Å². The predicted molar refractivity (Wildman–Crippen MR) is 147 cm³/mol. The molecule has 3 aromatic carbocycles. The lowest BCUT2D eigenvalue weighted by atomic mass is 10.1. The highest BCUT2D eigenvalue weighted by molar-refractivity contribution is 9.11. The van der Waals surface area contributed by atoms with Crippen LogP contribution in [0.15, 0.2) is 89.7 Å². The molecular weight excluding hydrogens is 626 g/mol. The van der Waals surface area contributed by atoms with Crippen LogP contribution < -0.4 is 5.43 Å². The molecule has 0 aliphatic rings. The Balaban J connectivity index is 1.42. The lowest BCUT2D eigenvalue weighted by molar-refractivity contribution is 0.0929. The maximum atomic E-state index is 12.7. The van der Waals surface area contributed by atoms with Crippen molar-refractivity contribution in [1.29, 1.82) is 0 Å². The van der Waals surface area contributed by atoms with Crippen molar-refractivity contribution in [2.45, 2.75) is 13.5 Å². The minimum absolute atomic E-state index is 0.195. The van der Waals surface area contributed by atoms with E-state index in [2.05, 4.69) is 94.1 Å². The molecule has 0 spiro atoms. The van der Waals surface area contributed by atoms with Gasteiger partial charge in [0.05, 0.1) is 10.7 Å². The molecule has 0 aliphatic carbocycles. The van der Waals surface area contributed by atoms with Crippen molar-refractivity contribution in [3.8, 4) is 0 Å². The molecule has 1 N–H and O–H groups in total. The van der Waals surface area contributed by atoms with Gasteiger partial charge in [-0.15, -0.1) is 0 Å². The van der Waals surface area contributed by atoms with Crippen LogP contribution in [-0.4, -0.2) is 16.7 Å². The van der Waals surface area contributed by atoms with Crippen molar-refractivity contribution in [3.05, 3.63) is 103 Å². The van der Waals surface area contributed by atoms with Crippen LogP contribution in [0.4, 0.5) is 0 Å². The van der Waals surface area contributed by atoms with E-state index in [1.807, 2.05) is 36.4 Å². The van der Waals surface area contributed by atoms with Gasteiger partial charge in [-0.25, -0.2) is 5.43 Å². The van der Waals surface area contributed by atoms with E-state index < -0.39 is 5.91 Å². The number of benzene rings is 3. The molecule has 5 rings (SSSR count). The first-order valence-electron chi connectivity index (χ1n) is 10.4. The molecule has 5 nitrogen and oxygen atoms in total. The summed E-state index contributed by atoms with van der Waals surface area (Å²) in [5.41, 5.74) is 7.56. The maximum Gasteiger partial charge on any atom is 0.307 e. The number of hydrogen-bond acceptors (Lipinski definition) is 3. The summed E-state index contributed by atoms with van der Waals surface area (Å²) in [5, 5.41) is 6.14. The Morgan fingerprint density at radius 3 is 2.59 bits per heavy atom. The lowest BCUT2D eigenvalue weighted by Gasteiger charge is -2.09. The molecule has 0 aliphatic heterocycles. The Hall–Kier alpha value is -2.68. The van der Waals surface area contributed by atoms with Crippen molar-refractivity contribution < 1.29 is 9.21 Å². The molecule has 8 heteroatoms. The van der Waals surface area contributed by atoms with Gasteiger partial charge in [-0.2, -0.15) is 5.10 Å². The third-order valence-electron chi connectivity index (χ3n) is 5.65. The first-order chi connectivity index (χ1) is 16.4. The molecule has 34 heavy (non-hydrogen) atoms. The number of carbonyl (C=O) groups excluding carboxylic acids is 1. The van der Waals surface area contributed by atoms with Crippen LogP contribution >= 0.6 is 47.8 Å². The van der Waals surface area contributed by atoms with Crippen LogP contribution in [0.3, 0.4) is 0 Å². The molecule has 2 aromatic heterocycles. The highest BCUT2D eigenvalue weighted by Crippen LogP contribution is 2.31. The number of halogens is 3. The maximum absolute atomic E-state index is 12.7. The van der Waals surface area contributed by atoms with Gasteiger partial charge in [-0.05, 0) is 64.8 Å². The molecule has 0 fully saturated rings. The topological polar surface area (TPSA) is 59.5 Å². The molecular formula is C26H18Br3N3O2. The Morgan fingerprint density at radius 1 is 1.03 bits per heavy atom. The van der Waals surface area contributed by atoms with E-state index >= 15 is 0 Å². The van der Waals surface area contributed by atoms with Gasteiger partial charge in [0.15, 0.2) is 5.76 Å². The van der Waals surface area contributed by atoms with Crippen LogP contribution in [0.5, 0.6) is 0 Å². The van der Waals surface area contributed by atoms with Gasteiger partial charge >= 0.3 is 5.91 Å². The first kappa shape index (κ1) is 23.1. The number of para-hydroxylation sites is 1. The quantitative estimate of drug-likeness (QED) is 0.157. The standard InChI is InChI=1S/C26H18Br3N3O2/c1-15-21(13-30-31-26(33)24-11-17-10-19(28)12-22(29)25(17)34-24)20-4-2-3-5-23(20)32(15)14-16-6-8-18(27)9-7-16/h2-13H,14H2,1H3,(H,31,33)/b30-13-. The number of fused-ring (bicyclic) bond motifs is 2. The third kappa shape index (κ3) is 4.50. The fourth-order valence-corrected chi connectivity index (χ4v) is 5.60. The zero-order chi connectivity index (χ0) is 23.8. The SMILES string of the molecule is Cc1c(/C=N\NC(=O)c2cc3cc(Br)cc(Br)c3o2)c2ccccc2n1Cc1ccc(Br)cc1. The van der Waals surface area contributed by atoms with E-state index in [1.165, 1.54) is 5.56 Å². The fraction of sp³-hybridized carbons (Fsp3) is 0.0769. The monoisotopic (exact) mass is 641 g/mol. The van der Waals surface area contributed by atoms with E-state index in [4.69, 9.17) is 4.42 Å². The van der Waals surface area contributed by atoms with E-state index in [9.17, 15) is 4.79 Å². The molecule has 0 unspecified atom stereocenters. The average Bonchev–Trinajstić information content (AvgIpc) is 3.36. The summed E-state index contributed by atoms with van der Waals surface area (Å²) < 4.78 is 10.7. The molecule has 0 saturated heterocycles. The summed E-state index contributed by atoms with van der Waals surface area (Å²) in [4.78, 5) is 12.7. The Morgan fingerprint density at radius 2 is 1.79 bits per heavy atom. The summed E-state index contributed by atoms with van der Waals surface area (Å²) in [7, 11) is 0. The number of hydrazone groups is 1. The van der Waals surface area contributed by atoms with Gasteiger partial charge in [0.25, 0.3) is 0 Å². The Bertz CT molecular complexity index is 1570. The van der Waals surface area contributed by atoms with Crippen molar-refractivity contribution in [1.82, 2.24) is 9.99 Å². The fourth-order valence-electron chi connectivity index (χ4n) is 4.00. The summed E-state index contributed by atoms with van der Waals surface area (Å²) in [6, 6.07) is 22.0. The number of carbonyl (C=O) groups is 1. The molecule has 0 atom stereocenters. The van der Waals surface area contributed by atoms with Crippen LogP contribution in [0, 0.1) is 6.92 Å². The van der Waals surface area contributed by atoms with Gasteiger partial charge in [0.2, 0.25) is 0 Å². The molecule has 0 saturated carbocycles. The third-order valence-corrected chi connectivity index (χ3v) is 7.23. The normalized spacial score (nSPS) is 11.6. The van der Waals surface area contributed by atoms with Crippen molar-refractivity contribution in [3.63, 3.8) is 0 Å². The largest absolute Gasteiger partial charge is 0.450 e. The van der Waals surface area contributed by atoms with Crippen molar-refractivity contribution in [2.75, 3.05) is 0 Å². The van der Waals surface area contributed by atoms with Gasteiger partial charge in [0.1, 0.15) is 5.58 Å². The second-order valence-corrected chi connectivity index (χ2v) is 10.5. The van der Waals surface area contributed by atoms with E-state index in [1.54, 1.807) is 12.3 Å². The van der Waals surface area contributed by atoms with Gasteiger partial charge in [0, 0.05) is 43.0 Å². The van der Waals surface area contributed by atoms with Crippen LogP contribution in [0.1, 0.15) is 27.4 Å². The Kier molecular flexibility index (Phi) is 6.46. The molecule has 1 amide bonds.